The number of aromatic nitrogens is 1. The van der Waals surface area contributed by atoms with Crippen LogP contribution in [0.4, 0.5) is 18.9 Å². The van der Waals surface area contributed by atoms with E-state index in [1.54, 1.807) is 24.0 Å². The van der Waals surface area contributed by atoms with Crippen molar-refractivity contribution in [2.24, 2.45) is 0 Å². The van der Waals surface area contributed by atoms with E-state index < -0.39 is 11.7 Å². The molecule has 0 amide bonds. The third-order valence-corrected chi connectivity index (χ3v) is 7.34. The maximum Gasteiger partial charge on any atom is 0.416 e. The zero-order valence-electron chi connectivity index (χ0n) is 19.3. The summed E-state index contributed by atoms with van der Waals surface area (Å²) in [5.41, 5.74) is 2.45. The zero-order chi connectivity index (χ0) is 23.8. The SMILES string of the molecule is FC(F)(F)c1ccc2c(SCCCCCCCc3cccc(N4CCOCC4)c3)ccnc2c1. The van der Waals surface area contributed by atoms with Gasteiger partial charge in [0.15, 0.2) is 0 Å². The molecule has 0 bridgehead atoms. The molecule has 0 spiro atoms. The fraction of sp³-hybridized carbons (Fsp3) is 0.444. The average Bonchev–Trinajstić information content (AvgIpc) is 2.85. The van der Waals surface area contributed by atoms with Gasteiger partial charge in [0.2, 0.25) is 0 Å². The number of hydrogen-bond donors (Lipinski definition) is 0. The van der Waals surface area contributed by atoms with Crippen LogP contribution in [0.2, 0.25) is 0 Å². The van der Waals surface area contributed by atoms with E-state index in [0.717, 1.165) is 67.3 Å². The summed E-state index contributed by atoms with van der Waals surface area (Å²) in [6.45, 7) is 3.54. The number of morpholine rings is 1. The standard InChI is InChI=1S/C27H31F3N2OS/c28-27(29,30)22-10-11-24-25(20-22)31-13-12-26(24)34-18-5-3-1-2-4-7-21-8-6-9-23(19-21)32-14-16-33-17-15-32/h6,8-13,19-20H,1-5,7,14-18H2. The molecule has 34 heavy (non-hydrogen) atoms. The minimum absolute atomic E-state index is 0.400. The molecule has 0 unspecified atom stereocenters. The molecule has 1 aliphatic rings. The number of rotatable bonds is 10. The number of hydrogen-bond acceptors (Lipinski definition) is 4. The predicted octanol–water partition coefficient (Wildman–Crippen LogP) is 7.38. The molecule has 7 heteroatoms. The Morgan fingerprint density at radius 1 is 0.912 bits per heavy atom. The largest absolute Gasteiger partial charge is 0.416 e. The highest BCUT2D eigenvalue weighted by Crippen LogP contribution is 2.34. The Hall–Kier alpha value is -2.25. The van der Waals surface area contributed by atoms with Crippen molar-refractivity contribution in [3.05, 3.63) is 65.9 Å². The normalized spacial score (nSPS) is 14.6. The summed E-state index contributed by atoms with van der Waals surface area (Å²) in [6.07, 6.45) is 4.24. The quantitative estimate of drug-likeness (QED) is 0.220. The number of fused-ring (bicyclic) bond motifs is 1. The third kappa shape index (κ3) is 6.89. The summed E-state index contributed by atoms with van der Waals surface area (Å²) in [6, 6.07) is 14.6. The molecular formula is C27H31F3N2OS. The molecule has 2 heterocycles. The molecular weight excluding hydrogens is 457 g/mol. The molecule has 1 aliphatic heterocycles. The number of nitrogens with zero attached hydrogens (tertiary/aromatic N) is 2. The fourth-order valence-electron chi connectivity index (χ4n) is 4.30. The first kappa shape index (κ1) is 24.9. The zero-order valence-corrected chi connectivity index (χ0v) is 20.1. The van der Waals surface area contributed by atoms with Gasteiger partial charge in [-0.25, -0.2) is 0 Å². The Kier molecular flexibility index (Phi) is 8.73. The second-order valence-electron chi connectivity index (χ2n) is 8.67. The molecule has 3 nitrogen and oxygen atoms in total. The van der Waals surface area contributed by atoms with E-state index in [4.69, 9.17) is 4.74 Å². The molecule has 3 aromatic rings. The highest BCUT2D eigenvalue weighted by atomic mass is 32.2. The average molecular weight is 489 g/mol. The Labute approximate surface area is 203 Å². The van der Waals surface area contributed by atoms with Gasteiger partial charge in [-0.15, -0.1) is 11.8 Å². The van der Waals surface area contributed by atoms with Gasteiger partial charge in [-0.1, -0.05) is 37.5 Å². The minimum atomic E-state index is -4.34. The van der Waals surface area contributed by atoms with Crippen LogP contribution in [0.5, 0.6) is 0 Å². The van der Waals surface area contributed by atoms with Gasteiger partial charge in [0.05, 0.1) is 24.3 Å². The first-order valence-electron chi connectivity index (χ1n) is 12.0. The van der Waals surface area contributed by atoms with E-state index in [0.29, 0.717) is 5.52 Å². The van der Waals surface area contributed by atoms with Gasteiger partial charge < -0.3 is 9.64 Å². The van der Waals surface area contributed by atoms with Crippen molar-refractivity contribution in [1.29, 1.82) is 0 Å². The van der Waals surface area contributed by atoms with Crippen molar-refractivity contribution < 1.29 is 17.9 Å². The number of pyridine rings is 1. The van der Waals surface area contributed by atoms with E-state index in [1.165, 1.54) is 36.9 Å². The molecule has 0 radical (unpaired) electrons. The number of halogens is 3. The van der Waals surface area contributed by atoms with E-state index in [2.05, 4.69) is 34.1 Å². The third-order valence-electron chi connectivity index (χ3n) is 6.18. The van der Waals surface area contributed by atoms with Crippen molar-refractivity contribution in [3.63, 3.8) is 0 Å². The number of anilines is 1. The lowest BCUT2D eigenvalue weighted by molar-refractivity contribution is -0.137. The first-order chi connectivity index (χ1) is 16.5. The number of thioether (sulfide) groups is 1. The van der Waals surface area contributed by atoms with Gasteiger partial charge in [0, 0.05) is 35.3 Å². The number of alkyl halides is 3. The van der Waals surface area contributed by atoms with Crippen LogP contribution in [0.1, 0.15) is 43.2 Å². The first-order valence-corrected chi connectivity index (χ1v) is 13.0. The minimum Gasteiger partial charge on any atom is -0.378 e. The van der Waals surface area contributed by atoms with Crippen LogP contribution in [0.15, 0.2) is 59.6 Å². The predicted molar refractivity (Wildman–Crippen MR) is 134 cm³/mol. The number of aryl methyl sites for hydroxylation is 1. The molecule has 1 aromatic heterocycles. The van der Waals surface area contributed by atoms with Crippen molar-refractivity contribution >= 4 is 28.4 Å². The van der Waals surface area contributed by atoms with E-state index in [-0.39, 0.29) is 0 Å². The molecule has 0 N–H and O–H groups in total. The summed E-state index contributed by atoms with van der Waals surface area (Å²) in [5.74, 6) is 0.960. The van der Waals surface area contributed by atoms with Crippen LogP contribution in [-0.2, 0) is 17.3 Å². The van der Waals surface area contributed by atoms with Crippen LogP contribution in [0, 0.1) is 0 Å². The van der Waals surface area contributed by atoms with E-state index >= 15 is 0 Å². The van der Waals surface area contributed by atoms with Gasteiger partial charge in [0.25, 0.3) is 0 Å². The molecule has 2 aromatic carbocycles. The fourth-order valence-corrected chi connectivity index (χ4v) is 5.35. The Bertz CT molecular complexity index is 1070. The second kappa shape index (κ2) is 11.9. The van der Waals surface area contributed by atoms with Gasteiger partial charge in [-0.3, -0.25) is 4.98 Å². The van der Waals surface area contributed by atoms with Crippen LogP contribution in [-0.4, -0.2) is 37.0 Å². The van der Waals surface area contributed by atoms with Crippen molar-refractivity contribution in [1.82, 2.24) is 4.98 Å². The molecule has 1 fully saturated rings. The maximum atomic E-state index is 12.9. The van der Waals surface area contributed by atoms with Crippen molar-refractivity contribution in [2.75, 3.05) is 37.0 Å². The summed E-state index contributed by atoms with van der Waals surface area (Å²) >= 11 is 1.70. The molecule has 0 aliphatic carbocycles. The highest BCUT2D eigenvalue weighted by Gasteiger charge is 2.30. The lowest BCUT2D eigenvalue weighted by Crippen LogP contribution is -2.36. The highest BCUT2D eigenvalue weighted by molar-refractivity contribution is 7.99. The molecule has 1 saturated heterocycles. The molecule has 4 rings (SSSR count). The number of benzene rings is 2. The summed E-state index contributed by atoms with van der Waals surface area (Å²) in [4.78, 5) is 7.52. The topological polar surface area (TPSA) is 25.4 Å². The van der Waals surface area contributed by atoms with Gasteiger partial charge >= 0.3 is 6.18 Å². The van der Waals surface area contributed by atoms with Crippen LogP contribution >= 0.6 is 11.8 Å². The molecule has 0 atom stereocenters. The monoisotopic (exact) mass is 488 g/mol. The van der Waals surface area contributed by atoms with Crippen LogP contribution in [0.3, 0.4) is 0 Å². The van der Waals surface area contributed by atoms with Crippen LogP contribution in [0.25, 0.3) is 10.9 Å². The van der Waals surface area contributed by atoms with Gasteiger partial charge in [-0.2, -0.15) is 13.2 Å². The van der Waals surface area contributed by atoms with Crippen molar-refractivity contribution in [3.8, 4) is 0 Å². The summed E-state index contributed by atoms with van der Waals surface area (Å²) < 4.78 is 44.3. The number of unbranched alkanes of at least 4 members (excludes halogenated alkanes) is 4. The van der Waals surface area contributed by atoms with E-state index in [1.807, 2.05) is 6.07 Å². The lowest BCUT2D eigenvalue weighted by atomic mass is 10.0. The van der Waals surface area contributed by atoms with Crippen LogP contribution < -0.4 is 4.90 Å². The Morgan fingerprint density at radius 3 is 2.53 bits per heavy atom. The van der Waals surface area contributed by atoms with Gasteiger partial charge in [0.1, 0.15) is 0 Å². The van der Waals surface area contributed by atoms with Gasteiger partial charge in [-0.05, 0) is 60.9 Å². The van der Waals surface area contributed by atoms with E-state index in [9.17, 15) is 13.2 Å². The Balaban J connectivity index is 1.15. The summed E-state index contributed by atoms with van der Waals surface area (Å²) in [7, 11) is 0. The Morgan fingerprint density at radius 2 is 1.71 bits per heavy atom. The summed E-state index contributed by atoms with van der Waals surface area (Å²) in [5, 5.41) is 0.791. The smallest absolute Gasteiger partial charge is 0.378 e. The molecule has 0 saturated carbocycles. The molecule has 182 valence electrons. The maximum absolute atomic E-state index is 12.9. The lowest BCUT2D eigenvalue weighted by Gasteiger charge is -2.29. The number of ether oxygens (including phenoxy) is 1. The second-order valence-corrected chi connectivity index (χ2v) is 9.81. The van der Waals surface area contributed by atoms with Crippen molar-refractivity contribution in [2.45, 2.75) is 49.6 Å².